The Morgan fingerprint density at radius 2 is 1.40 bits per heavy atom. The van der Waals surface area contributed by atoms with Crippen LogP contribution in [0.2, 0.25) is 0 Å². The molecule has 0 saturated heterocycles. The highest BCUT2D eigenvalue weighted by molar-refractivity contribution is 9.10. The maximum atomic E-state index is 13.4. The number of fused-ring (bicyclic) bond motifs is 1. The van der Waals surface area contributed by atoms with Crippen molar-refractivity contribution in [3.8, 4) is 5.75 Å². The fourth-order valence-corrected chi connectivity index (χ4v) is 4.73. The monoisotopic (exact) mass is 529 g/mol. The maximum absolute atomic E-state index is 13.4. The quantitative estimate of drug-likeness (QED) is 0.354. The Bertz CT molecular complexity index is 1350. The van der Waals surface area contributed by atoms with Gasteiger partial charge in [0.2, 0.25) is 5.43 Å². The molecule has 1 amide bonds. The van der Waals surface area contributed by atoms with E-state index in [9.17, 15) is 9.59 Å². The Labute approximate surface area is 212 Å². The summed E-state index contributed by atoms with van der Waals surface area (Å²) in [7, 11) is 1.74. The number of halogens is 1. The molecule has 0 aliphatic carbocycles. The minimum absolute atomic E-state index is 0.0321. The lowest BCUT2D eigenvalue weighted by molar-refractivity contribution is 0.0723. The van der Waals surface area contributed by atoms with Crippen molar-refractivity contribution in [2.75, 3.05) is 18.7 Å². The minimum atomic E-state index is -0.355. The molecule has 0 radical (unpaired) electrons. The van der Waals surface area contributed by atoms with E-state index >= 15 is 0 Å². The van der Waals surface area contributed by atoms with Crippen LogP contribution in [0.4, 0.5) is 0 Å². The van der Waals surface area contributed by atoms with Gasteiger partial charge in [0.1, 0.15) is 13.3 Å². The molecule has 0 unspecified atom stereocenters. The van der Waals surface area contributed by atoms with Gasteiger partial charge in [-0.1, -0.05) is 91.0 Å². The molecule has 1 aromatic heterocycles. The number of aromatic nitrogens is 1. The Hall–Kier alpha value is -3.84. The number of carbonyl (C=O) groups is 1. The first-order chi connectivity index (χ1) is 17.0. The van der Waals surface area contributed by atoms with Crippen molar-refractivity contribution in [2.45, 2.75) is 12.6 Å². The van der Waals surface area contributed by atoms with Gasteiger partial charge in [-0.25, -0.2) is 0 Å². The summed E-state index contributed by atoms with van der Waals surface area (Å²) in [5.41, 5.74) is 2.89. The van der Waals surface area contributed by atoms with Gasteiger partial charge in [0, 0.05) is 13.2 Å². The first kappa shape index (κ1) is 22.9. The first-order valence-electron chi connectivity index (χ1n) is 11.3. The Balaban J connectivity index is 1.66. The molecule has 35 heavy (non-hydrogen) atoms. The van der Waals surface area contributed by atoms with Crippen molar-refractivity contribution < 1.29 is 9.53 Å². The van der Waals surface area contributed by atoms with Crippen LogP contribution < -0.4 is 15.2 Å². The van der Waals surface area contributed by atoms with Crippen LogP contribution in [0, 0.1) is 0 Å². The zero-order chi connectivity index (χ0) is 24.4. The number of pyridine rings is 1. The number of amides is 1. The Kier molecular flexibility index (Phi) is 6.42. The summed E-state index contributed by atoms with van der Waals surface area (Å²) in [5, 5.41) is 2.07. The number of hydrogen-bond acceptors (Lipinski definition) is 4. The molecule has 0 saturated carbocycles. The molecule has 0 N–H and O–H groups in total. The van der Waals surface area contributed by atoms with E-state index in [4.69, 9.17) is 4.74 Å². The predicted octanol–water partition coefficient (Wildman–Crippen LogP) is 4.96. The van der Waals surface area contributed by atoms with E-state index in [0.717, 1.165) is 16.7 Å². The lowest BCUT2D eigenvalue weighted by Crippen LogP contribution is -2.54. The van der Waals surface area contributed by atoms with Gasteiger partial charge in [-0.05, 0) is 32.6 Å². The zero-order valence-corrected chi connectivity index (χ0v) is 20.8. The highest BCUT2D eigenvalue weighted by atomic mass is 79.9. The second kappa shape index (κ2) is 9.80. The molecule has 0 spiro atoms. The number of nitrogens with zero attached hydrogens (tertiary/aromatic N) is 3. The van der Waals surface area contributed by atoms with Gasteiger partial charge in [0.15, 0.2) is 11.4 Å². The number of benzene rings is 3. The molecule has 0 atom stereocenters. The number of rotatable bonds is 6. The standard InChI is InChI=1S/C28H24BrN3O3/c1-30-19-32(24(21-13-7-3-8-14-21)22-15-9-4-10-16-22)31-17-23(29)26(33)27(25(31)28(30)34)35-18-20-11-5-2-6-12-20/h2-17,24H,18-19H2,1H3. The van der Waals surface area contributed by atoms with Gasteiger partial charge >= 0.3 is 0 Å². The third-order valence-corrected chi connectivity index (χ3v) is 6.61. The molecule has 176 valence electrons. The average Bonchev–Trinajstić information content (AvgIpc) is 2.89. The number of hydrogen-bond donors (Lipinski definition) is 0. The smallest absolute Gasteiger partial charge is 0.277 e. The molecule has 0 fully saturated rings. The molecule has 1 aliphatic rings. The van der Waals surface area contributed by atoms with Crippen LogP contribution in [-0.4, -0.2) is 29.2 Å². The van der Waals surface area contributed by atoms with Crippen LogP contribution in [0.25, 0.3) is 0 Å². The third kappa shape index (κ3) is 4.47. The summed E-state index contributed by atoms with van der Waals surface area (Å²) in [4.78, 5) is 28.2. The molecule has 3 aromatic carbocycles. The van der Waals surface area contributed by atoms with E-state index in [-0.39, 0.29) is 35.4 Å². The molecule has 7 heteroatoms. The van der Waals surface area contributed by atoms with Gasteiger partial charge in [-0.3, -0.25) is 19.3 Å². The lowest BCUT2D eigenvalue weighted by Gasteiger charge is -2.43. The average molecular weight is 530 g/mol. The van der Waals surface area contributed by atoms with Crippen molar-refractivity contribution in [1.82, 2.24) is 9.58 Å². The Morgan fingerprint density at radius 1 is 0.857 bits per heavy atom. The summed E-state index contributed by atoms with van der Waals surface area (Å²) < 4.78 is 8.11. The van der Waals surface area contributed by atoms with Crippen LogP contribution >= 0.6 is 15.9 Å². The second-order valence-corrected chi connectivity index (χ2v) is 9.26. The van der Waals surface area contributed by atoms with Gasteiger partial charge in [0.25, 0.3) is 5.91 Å². The molecule has 1 aliphatic heterocycles. The van der Waals surface area contributed by atoms with E-state index in [1.165, 1.54) is 0 Å². The van der Waals surface area contributed by atoms with Gasteiger partial charge in [0.05, 0.1) is 10.5 Å². The Morgan fingerprint density at radius 3 is 1.97 bits per heavy atom. The van der Waals surface area contributed by atoms with Crippen LogP contribution in [0.1, 0.15) is 33.2 Å². The third-order valence-electron chi connectivity index (χ3n) is 6.04. The first-order valence-corrected chi connectivity index (χ1v) is 12.1. The van der Waals surface area contributed by atoms with Crippen LogP contribution in [-0.2, 0) is 6.61 Å². The van der Waals surface area contributed by atoms with Crippen molar-refractivity contribution in [3.05, 3.63) is 134 Å². The molecular formula is C28H24BrN3O3. The van der Waals surface area contributed by atoms with Crippen molar-refractivity contribution >= 4 is 21.8 Å². The molecular weight excluding hydrogens is 506 g/mol. The summed E-state index contributed by atoms with van der Waals surface area (Å²) in [6, 6.07) is 29.6. The molecule has 4 aromatic rings. The predicted molar refractivity (Wildman–Crippen MR) is 139 cm³/mol. The topological polar surface area (TPSA) is 54.8 Å². The molecule has 0 bridgehead atoms. The SMILES string of the molecule is CN1CN(C(c2ccccc2)c2ccccc2)n2cc(Br)c(=O)c(OCc3ccccc3)c2C1=O. The summed E-state index contributed by atoms with van der Waals surface area (Å²) in [6.45, 7) is 0.505. The van der Waals surface area contributed by atoms with Crippen molar-refractivity contribution in [2.24, 2.45) is 0 Å². The molecule has 5 rings (SSSR count). The van der Waals surface area contributed by atoms with Gasteiger partial charge in [-0.2, -0.15) is 0 Å². The van der Waals surface area contributed by atoms with Crippen LogP contribution in [0.5, 0.6) is 5.75 Å². The highest BCUT2D eigenvalue weighted by Gasteiger charge is 2.36. The molecule has 6 nitrogen and oxygen atoms in total. The van der Waals surface area contributed by atoms with Gasteiger partial charge in [-0.15, -0.1) is 0 Å². The van der Waals surface area contributed by atoms with Crippen LogP contribution in [0.3, 0.4) is 0 Å². The zero-order valence-electron chi connectivity index (χ0n) is 19.2. The minimum Gasteiger partial charge on any atom is -0.482 e. The summed E-state index contributed by atoms with van der Waals surface area (Å²) in [6.07, 6.45) is 1.66. The lowest BCUT2D eigenvalue weighted by atomic mass is 9.98. The van der Waals surface area contributed by atoms with E-state index < -0.39 is 0 Å². The fourth-order valence-electron chi connectivity index (χ4n) is 4.36. The number of ether oxygens (including phenoxy) is 1. The van der Waals surface area contributed by atoms with E-state index in [0.29, 0.717) is 11.1 Å². The number of carbonyl (C=O) groups excluding carboxylic acids is 1. The summed E-state index contributed by atoms with van der Waals surface area (Å²) in [5.74, 6) is -0.238. The normalized spacial score (nSPS) is 13.2. The molecule has 2 heterocycles. The maximum Gasteiger partial charge on any atom is 0.277 e. The fraction of sp³-hybridized carbons (Fsp3) is 0.143. The van der Waals surface area contributed by atoms with E-state index in [1.807, 2.05) is 66.7 Å². The van der Waals surface area contributed by atoms with E-state index in [2.05, 4.69) is 45.2 Å². The summed E-state index contributed by atoms with van der Waals surface area (Å²) >= 11 is 3.41. The highest BCUT2D eigenvalue weighted by Crippen LogP contribution is 2.33. The van der Waals surface area contributed by atoms with Crippen LogP contribution in [0.15, 0.2) is 106 Å². The largest absolute Gasteiger partial charge is 0.482 e. The second-order valence-electron chi connectivity index (χ2n) is 8.41. The van der Waals surface area contributed by atoms with E-state index in [1.54, 1.807) is 22.8 Å². The van der Waals surface area contributed by atoms with Crippen molar-refractivity contribution in [3.63, 3.8) is 0 Å². The van der Waals surface area contributed by atoms with Gasteiger partial charge < -0.3 is 9.64 Å². The van der Waals surface area contributed by atoms with Crippen molar-refractivity contribution in [1.29, 1.82) is 0 Å².